The van der Waals surface area contributed by atoms with E-state index in [2.05, 4.69) is 0 Å². The van der Waals surface area contributed by atoms with Crippen LogP contribution in [0.5, 0.6) is 0 Å². The maximum Gasteiger partial charge on any atom is 0.348 e. The molecule has 1 aromatic heterocycles. The summed E-state index contributed by atoms with van der Waals surface area (Å²) in [5, 5.41) is 9.83. The number of halogens is 1. The lowest BCUT2D eigenvalue weighted by Crippen LogP contribution is -2.06. The van der Waals surface area contributed by atoms with Crippen molar-refractivity contribution in [1.29, 1.82) is 5.26 Å². The maximum absolute atomic E-state index is 11.8. The second kappa shape index (κ2) is 7.17. The Bertz CT molecular complexity index is 796. The largest absolute Gasteiger partial charge is 0.462 e. The molecule has 1 heterocycles. The fourth-order valence-electron chi connectivity index (χ4n) is 2.42. The first-order chi connectivity index (χ1) is 11.0. The van der Waals surface area contributed by atoms with Crippen molar-refractivity contribution in [1.82, 2.24) is 4.57 Å². The first-order valence-corrected chi connectivity index (χ1v) is 7.59. The first kappa shape index (κ1) is 16.9. The van der Waals surface area contributed by atoms with E-state index in [9.17, 15) is 4.79 Å². The molecule has 4 nitrogen and oxygen atoms in total. The minimum atomic E-state index is -0.605. The second-order valence-electron chi connectivity index (χ2n) is 5.03. The van der Waals surface area contributed by atoms with Gasteiger partial charge in [-0.3, -0.25) is 0 Å². The van der Waals surface area contributed by atoms with Gasteiger partial charge in [0, 0.05) is 22.1 Å². The number of benzene rings is 1. The van der Waals surface area contributed by atoms with Crippen molar-refractivity contribution in [2.75, 3.05) is 6.61 Å². The van der Waals surface area contributed by atoms with Crippen LogP contribution in [0.15, 0.2) is 35.9 Å². The van der Waals surface area contributed by atoms with Crippen LogP contribution in [0.2, 0.25) is 5.02 Å². The molecule has 23 heavy (non-hydrogen) atoms. The van der Waals surface area contributed by atoms with Gasteiger partial charge in [-0.1, -0.05) is 11.6 Å². The van der Waals surface area contributed by atoms with Gasteiger partial charge < -0.3 is 9.30 Å². The van der Waals surface area contributed by atoms with E-state index in [-0.39, 0.29) is 12.2 Å². The highest BCUT2D eigenvalue weighted by atomic mass is 35.5. The minimum absolute atomic E-state index is 0.0109. The number of carbonyl (C=O) groups is 1. The summed E-state index contributed by atoms with van der Waals surface area (Å²) in [7, 11) is 0. The summed E-state index contributed by atoms with van der Waals surface area (Å²) in [6, 6.07) is 11.3. The van der Waals surface area contributed by atoms with Crippen molar-refractivity contribution in [3.63, 3.8) is 0 Å². The van der Waals surface area contributed by atoms with Gasteiger partial charge in [0.25, 0.3) is 0 Å². The molecular weight excluding hydrogens is 312 g/mol. The van der Waals surface area contributed by atoms with E-state index < -0.39 is 5.97 Å². The number of carbonyl (C=O) groups excluding carboxylic acids is 1. The molecule has 0 aliphatic heterocycles. The second-order valence-corrected chi connectivity index (χ2v) is 5.47. The molecule has 0 spiro atoms. The number of ether oxygens (including phenoxy) is 1. The molecule has 0 aliphatic rings. The SMILES string of the molecule is CCOC(=O)/C(C#N)=C/c1cc(C)n(-c2ccc(Cl)cc2)c1C. The molecule has 0 radical (unpaired) electrons. The third-order valence-electron chi connectivity index (χ3n) is 3.47. The van der Waals surface area contributed by atoms with Crippen molar-refractivity contribution in [2.45, 2.75) is 20.8 Å². The quantitative estimate of drug-likeness (QED) is 0.479. The molecule has 0 unspecified atom stereocenters. The molecule has 0 fully saturated rings. The number of esters is 1. The number of nitrogens with zero attached hydrogens (tertiary/aromatic N) is 2. The van der Waals surface area contributed by atoms with Crippen LogP contribution in [0.25, 0.3) is 11.8 Å². The minimum Gasteiger partial charge on any atom is -0.462 e. The maximum atomic E-state index is 11.8. The molecule has 2 rings (SSSR count). The van der Waals surface area contributed by atoms with Gasteiger partial charge in [-0.15, -0.1) is 0 Å². The van der Waals surface area contributed by atoms with Crippen LogP contribution in [0.4, 0.5) is 0 Å². The van der Waals surface area contributed by atoms with Crippen molar-refractivity contribution in [3.05, 3.63) is 57.9 Å². The summed E-state index contributed by atoms with van der Waals surface area (Å²) in [4.78, 5) is 11.8. The van der Waals surface area contributed by atoms with E-state index in [0.29, 0.717) is 5.02 Å². The Kier molecular flexibility index (Phi) is 5.25. The summed E-state index contributed by atoms with van der Waals surface area (Å²) in [6.45, 7) is 5.85. The summed E-state index contributed by atoms with van der Waals surface area (Å²) in [5.74, 6) is -0.605. The Hall–Kier alpha value is -2.51. The zero-order valence-corrected chi connectivity index (χ0v) is 14.0. The number of hydrogen-bond acceptors (Lipinski definition) is 3. The number of nitriles is 1. The van der Waals surface area contributed by atoms with Gasteiger partial charge in [0.15, 0.2) is 0 Å². The summed E-state index contributed by atoms with van der Waals surface area (Å²) < 4.78 is 6.93. The lowest BCUT2D eigenvalue weighted by atomic mass is 10.1. The van der Waals surface area contributed by atoms with E-state index >= 15 is 0 Å². The summed E-state index contributed by atoms with van der Waals surface area (Å²) >= 11 is 5.93. The lowest BCUT2D eigenvalue weighted by molar-refractivity contribution is -0.137. The van der Waals surface area contributed by atoms with Crippen LogP contribution < -0.4 is 0 Å². The Morgan fingerprint density at radius 3 is 2.57 bits per heavy atom. The van der Waals surface area contributed by atoms with Crippen LogP contribution >= 0.6 is 11.6 Å². The average molecular weight is 329 g/mol. The molecule has 0 N–H and O–H groups in total. The van der Waals surface area contributed by atoms with Crippen LogP contribution in [0, 0.1) is 25.2 Å². The van der Waals surface area contributed by atoms with E-state index in [0.717, 1.165) is 22.6 Å². The third kappa shape index (κ3) is 3.64. The summed E-state index contributed by atoms with van der Waals surface area (Å²) in [5.41, 5.74) is 3.70. The predicted molar refractivity (Wildman–Crippen MR) is 90.5 cm³/mol. The molecule has 0 aliphatic carbocycles. The van der Waals surface area contributed by atoms with Gasteiger partial charge in [0.2, 0.25) is 0 Å². The molecule has 0 bridgehead atoms. The molecule has 2 aromatic rings. The number of rotatable bonds is 4. The van der Waals surface area contributed by atoms with Gasteiger partial charge in [-0.25, -0.2) is 4.79 Å². The van der Waals surface area contributed by atoms with Crippen molar-refractivity contribution in [3.8, 4) is 11.8 Å². The van der Waals surface area contributed by atoms with Gasteiger partial charge in [-0.2, -0.15) is 5.26 Å². The highest BCUT2D eigenvalue weighted by molar-refractivity contribution is 6.30. The van der Waals surface area contributed by atoms with Gasteiger partial charge >= 0.3 is 5.97 Å². The Balaban J connectivity index is 2.47. The van der Waals surface area contributed by atoms with Crippen molar-refractivity contribution in [2.24, 2.45) is 0 Å². The van der Waals surface area contributed by atoms with Crippen LogP contribution in [0.3, 0.4) is 0 Å². The highest BCUT2D eigenvalue weighted by Crippen LogP contribution is 2.24. The fraction of sp³-hybridized carbons (Fsp3) is 0.222. The molecular formula is C18H17ClN2O2. The van der Waals surface area contributed by atoms with Crippen LogP contribution in [-0.2, 0) is 9.53 Å². The van der Waals surface area contributed by atoms with Gasteiger partial charge in [0.1, 0.15) is 11.6 Å². The van der Waals surface area contributed by atoms with E-state index in [1.165, 1.54) is 0 Å². The number of aryl methyl sites for hydroxylation is 1. The monoisotopic (exact) mass is 328 g/mol. The molecule has 0 saturated heterocycles. The highest BCUT2D eigenvalue weighted by Gasteiger charge is 2.14. The normalized spacial score (nSPS) is 11.2. The smallest absolute Gasteiger partial charge is 0.348 e. The Labute approximate surface area is 140 Å². The van der Waals surface area contributed by atoms with Crippen LogP contribution in [0.1, 0.15) is 23.9 Å². The predicted octanol–water partition coefficient (Wildman–Crippen LogP) is 4.22. The lowest BCUT2D eigenvalue weighted by Gasteiger charge is -2.09. The standard InChI is InChI=1S/C18H17ClN2O2/c1-4-23-18(22)15(11-20)10-14-9-12(2)21(13(14)3)17-7-5-16(19)6-8-17/h5-10H,4H2,1-3H3/b15-10+. The van der Waals surface area contributed by atoms with Gasteiger partial charge in [0.05, 0.1) is 6.61 Å². The van der Waals surface area contributed by atoms with E-state index in [4.69, 9.17) is 21.6 Å². The van der Waals surface area contributed by atoms with E-state index in [1.807, 2.05) is 54.8 Å². The molecule has 5 heteroatoms. The Morgan fingerprint density at radius 2 is 2.00 bits per heavy atom. The molecule has 0 amide bonds. The van der Waals surface area contributed by atoms with E-state index in [1.54, 1.807) is 13.0 Å². The first-order valence-electron chi connectivity index (χ1n) is 7.21. The molecule has 0 saturated carbocycles. The van der Waals surface area contributed by atoms with Crippen molar-refractivity contribution < 1.29 is 9.53 Å². The number of aromatic nitrogens is 1. The average Bonchev–Trinajstić information content (AvgIpc) is 2.80. The molecule has 0 atom stereocenters. The molecule has 1 aromatic carbocycles. The zero-order chi connectivity index (χ0) is 17.0. The molecule has 118 valence electrons. The fourth-order valence-corrected chi connectivity index (χ4v) is 2.55. The third-order valence-corrected chi connectivity index (χ3v) is 3.72. The van der Waals surface area contributed by atoms with Crippen molar-refractivity contribution >= 4 is 23.6 Å². The Morgan fingerprint density at radius 1 is 1.35 bits per heavy atom. The zero-order valence-electron chi connectivity index (χ0n) is 13.3. The van der Waals surface area contributed by atoms with Crippen LogP contribution in [-0.4, -0.2) is 17.1 Å². The number of hydrogen-bond donors (Lipinski definition) is 0. The summed E-state index contributed by atoms with van der Waals surface area (Å²) in [6.07, 6.45) is 1.56. The topological polar surface area (TPSA) is 55.0 Å². The van der Waals surface area contributed by atoms with Gasteiger partial charge in [-0.05, 0) is 62.7 Å².